The summed E-state index contributed by atoms with van der Waals surface area (Å²) in [7, 11) is -0.0714. The lowest BCUT2D eigenvalue weighted by molar-refractivity contribution is -0.199. The Labute approximate surface area is 128 Å². The van der Waals surface area contributed by atoms with Gasteiger partial charge in [-0.3, -0.25) is 0 Å². The Morgan fingerprint density at radius 1 is 1.14 bits per heavy atom. The minimum absolute atomic E-state index is 0.0714. The SMILES string of the molecule is Cc1ccc(CB2O[C@@H]3CC4C[C@@H](C4(C)C)[C@]3(C)O2)cc1. The van der Waals surface area contributed by atoms with E-state index in [0.717, 1.165) is 12.2 Å². The van der Waals surface area contributed by atoms with Gasteiger partial charge in [0.1, 0.15) is 0 Å². The van der Waals surface area contributed by atoms with Crippen LogP contribution in [0.15, 0.2) is 24.3 Å². The molecule has 4 atom stereocenters. The summed E-state index contributed by atoms with van der Waals surface area (Å²) < 4.78 is 12.7. The first-order chi connectivity index (χ1) is 9.89. The van der Waals surface area contributed by atoms with E-state index in [0.29, 0.717) is 17.4 Å². The van der Waals surface area contributed by atoms with Crippen LogP contribution in [0.1, 0.15) is 44.7 Å². The molecule has 0 radical (unpaired) electrons. The number of rotatable bonds is 2. The molecular formula is C18H25BO2. The van der Waals surface area contributed by atoms with Gasteiger partial charge in [0.05, 0.1) is 11.7 Å². The molecule has 112 valence electrons. The Kier molecular flexibility index (Phi) is 2.87. The summed E-state index contributed by atoms with van der Waals surface area (Å²) in [5.74, 6) is 1.47. The lowest BCUT2D eigenvalue weighted by Crippen LogP contribution is -2.65. The van der Waals surface area contributed by atoms with Crippen molar-refractivity contribution >= 4 is 7.12 Å². The van der Waals surface area contributed by atoms with Crippen LogP contribution in [-0.2, 0) is 15.6 Å². The fourth-order valence-electron chi connectivity index (χ4n) is 4.95. The first-order valence-electron chi connectivity index (χ1n) is 8.28. The highest BCUT2D eigenvalue weighted by Gasteiger charge is 2.67. The van der Waals surface area contributed by atoms with E-state index in [1.54, 1.807) is 0 Å². The number of hydrogen-bond donors (Lipinski definition) is 0. The molecule has 21 heavy (non-hydrogen) atoms. The molecule has 1 aromatic carbocycles. The van der Waals surface area contributed by atoms with E-state index in [4.69, 9.17) is 9.31 Å². The van der Waals surface area contributed by atoms with Crippen LogP contribution in [0.25, 0.3) is 0 Å². The summed E-state index contributed by atoms with van der Waals surface area (Å²) in [6, 6.07) is 8.71. The van der Waals surface area contributed by atoms with Crippen molar-refractivity contribution in [3.63, 3.8) is 0 Å². The van der Waals surface area contributed by atoms with Gasteiger partial charge in [0.15, 0.2) is 0 Å². The maximum atomic E-state index is 6.45. The van der Waals surface area contributed by atoms with Crippen molar-refractivity contribution in [3.8, 4) is 0 Å². The summed E-state index contributed by atoms with van der Waals surface area (Å²) in [6.45, 7) is 9.22. The van der Waals surface area contributed by atoms with Crippen molar-refractivity contribution in [2.75, 3.05) is 0 Å². The second kappa shape index (κ2) is 4.36. The van der Waals surface area contributed by atoms with Crippen LogP contribution >= 0.6 is 0 Å². The highest BCUT2D eigenvalue weighted by atomic mass is 16.7. The van der Waals surface area contributed by atoms with Gasteiger partial charge in [-0.1, -0.05) is 43.7 Å². The molecule has 1 heterocycles. The Balaban J connectivity index is 1.51. The molecule has 1 aromatic rings. The molecule has 1 aliphatic heterocycles. The predicted octanol–water partition coefficient (Wildman–Crippen LogP) is 3.81. The fraction of sp³-hybridized carbons (Fsp3) is 0.667. The van der Waals surface area contributed by atoms with Crippen molar-refractivity contribution in [1.29, 1.82) is 0 Å². The van der Waals surface area contributed by atoms with E-state index in [2.05, 4.69) is 52.0 Å². The molecule has 3 saturated carbocycles. The first-order valence-corrected chi connectivity index (χ1v) is 8.28. The summed E-state index contributed by atoms with van der Waals surface area (Å²) in [5.41, 5.74) is 2.95. The highest BCUT2D eigenvalue weighted by Crippen LogP contribution is 2.65. The predicted molar refractivity (Wildman–Crippen MR) is 85.0 cm³/mol. The molecule has 0 aromatic heterocycles. The smallest absolute Gasteiger partial charge is 0.405 e. The Morgan fingerprint density at radius 2 is 1.86 bits per heavy atom. The van der Waals surface area contributed by atoms with Gasteiger partial charge in [0.2, 0.25) is 0 Å². The standard InChI is InChI=1S/C18H25BO2/c1-12-5-7-13(8-6-12)11-19-20-16-10-14-9-15(17(14,2)3)18(16,4)21-19/h5-8,14-16H,9-11H2,1-4H3/t14?,15-,16+,18-/m0/s1. The van der Waals surface area contributed by atoms with Gasteiger partial charge in [0, 0.05) is 6.32 Å². The van der Waals surface area contributed by atoms with Crippen molar-refractivity contribution < 1.29 is 9.31 Å². The van der Waals surface area contributed by atoms with E-state index in [-0.39, 0.29) is 12.7 Å². The van der Waals surface area contributed by atoms with Gasteiger partial charge in [-0.05, 0) is 49.5 Å². The van der Waals surface area contributed by atoms with Crippen LogP contribution in [0.4, 0.5) is 0 Å². The van der Waals surface area contributed by atoms with Gasteiger partial charge in [-0.25, -0.2) is 0 Å². The van der Waals surface area contributed by atoms with E-state index in [1.807, 2.05) is 0 Å². The molecule has 1 unspecified atom stereocenters. The average Bonchev–Trinajstić information content (AvgIpc) is 2.76. The number of hydrogen-bond acceptors (Lipinski definition) is 2. The van der Waals surface area contributed by atoms with Crippen LogP contribution < -0.4 is 0 Å². The largest absolute Gasteiger partial charge is 0.462 e. The second-order valence-electron chi connectivity index (χ2n) is 8.09. The monoisotopic (exact) mass is 284 g/mol. The molecule has 5 rings (SSSR count). The fourth-order valence-corrected chi connectivity index (χ4v) is 4.95. The molecule has 2 bridgehead atoms. The zero-order valence-corrected chi connectivity index (χ0v) is 13.6. The molecule has 4 aliphatic rings. The first kappa shape index (κ1) is 13.8. The van der Waals surface area contributed by atoms with Crippen LogP contribution in [0.5, 0.6) is 0 Å². The van der Waals surface area contributed by atoms with Crippen LogP contribution in [0.2, 0.25) is 0 Å². The van der Waals surface area contributed by atoms with E-state index >= 15 is 0 Å². The Morgan fingerprint density at radius 3 is 2.52 bits per heavy atom. The van der Waals surface area contributed by atoms with Gasteiger partial charge in [-0.15, -0.1) is 0 Å². The normalized spacial score (nSPS) is 39.8. The Hall–Kier alpha value is -0.795. The van der Waals surface area contributed by atoms with Crippen LogP contribution in [0.3, 0.4) is 0 Å². The summed E-state index contributed by atoms with van der Waals surface area (Å²) in [4.78, 5) is 0. The molecule has 1 saturated heterocycles. The maximum absolute atomic E-state index is 6.45. The van der Waals surface area contributed by atoms with Crippen molar-refractivity contribution in [2.45, 2.75) is 58.6 Å². The highest BCUT2D eigenvalue weighted by molar-refractivity contribution is 6.44. The Bertz CT molecular complexity index is 553. The molecule has 0 N–H and O–H groups in total. The summed E-state index contributed by atoms with van der Waals surface area (Å²) in [6.07, 6.45) is 3.65. The van der Waals surface area contributed by atoms with E-state index < -0.39 is 0 Å². The molecular weight excluding hydrogens is 259 g/mol. The third-order valence-electron chi connectivity index (χ3n) is 6.52. The molecule has 4 fully saturated rings. The lowest BCUT2D eigenvalue weighted by atomic mass is 9.43. The van der Waals surface area contributed by atoms with Crippen molar-refractivity contribution in [1.82, 2.24) is 0 Å². The van der Waals surface area contributed by atoms with Crippen molar-refractivity contribution in [2.24, 2.45) is 17.3 Å². The average molecular weight is 284 g/mol. The lowest BCUT2D eigenvalue weighted by Gasteiger charge is -2.64. The minimum atomic E-state index is -0.0758. The summed E-state index contributed by atoms with van der Waals surface area (Å²) in [5, 5.41) is 0. The number of aryl methyl sites for hydroxylation is 1. The zero-order chi connectivity index (χ0) is 14.8. The van der Waals surface area contributed by atoms with E-state index in [1.165, 1.54) is 24.0 Å². The zero-order valence-electron chi connectivity index (χ0n) is 13.6. The van der Waals surface area contributed by atoms with Gasteiger partial charge < -0.3 is 9.31 Å². The second-order valence-corrected chi connectivity index (χ2v) is 8.09. The van der Waals surface area contributed by atoms with Crippen LogP contribution in [0, 0.1) is 24.2 Å². The topological polar surface area (TPSA) is 18.5 Å². The number of benzene rings is 1. The van der Waals surface area contributed by atoms with Gasteiger partial charge >= 0.3 is 7.12 Å². The van der Waals surface area contributed by atoms with E-state index in [9.17, 15) is 0 Å². The third kappa shape index (κ3) is 1.93. The van der Waals surface area contributed by atoms with Crippen LogP contribution in [-0.4, -0.2) is 18.8 Å². The quantitative estimate of drug-likeness (QED) is 0.769. The molecule has 3 heteroatoms. The maximum Gasteiger partial charge on any atom is 0.462 e. The molecule has 0 amide bonds. The molecule has 0 spiro atoms. The third-order valence-corrected chi connectivity index (χ3v) is 6.52. The van der Waals surface area contributed by atoms with Gasteiger partial charge in [-0.2, -0.15) is 0 Å². The summed E-state index contributed by atoms with van der Waals surface area (Å²) >= 11 is 0. The van der Waals surface area contributed by atoms with Crippen molar-refractivity contribution in [3.05, 3.63) is 35.4 Å². The molecule has 2 nitrogen and oxygen atoms in total. The van der Waals surface area contributed by atoms with Gasteiger partial charge in [0.25, 0.3) is 0 Å². The molecule has 3 aliphatic carbocycles. The minimum Gasteiger partial charge on any atom is -0.405 e.